The highest BCUT2D eigenvalue weighted by molar-refractivity contribution is 5.76. The Balaban J connectivity index is 1.79. The highest BCUT2D eigenvalue weighted by Gasteiger charge is 2.33. The van der Waals surface area contributed by atoms with E-state index in [1.807, 2.05) is 0 Å². The zero-order chi connectivity index (χ0) is 11.5. The SMILES string of the molecule is O=C(CC1CCNCC1)N1CC(O)C(O)C1. The Labute approximate surface area is 95.4 Å². The molecule has 2 rings (SSSR count). The van der Waals surface area contributed by atoms with Gasteiger partial charge in [0.25, 0.3) is 0 Å². The molecule has 92 valence electrons. The third-order valence-electron chi connectivity index (χ3n) is 3.53. The summed E-state index contributed by atoms with van der Waals surface area (Å²) in [6.07, 6.45) is 1.12. The lowest BCUT2D eigenvalue weighted by Gasteiger charge is -2.24. The van der Waals surface area contributed by atoms with Crippen LogP contribution in [0.5, 0.6) is 0 Å². The highest BCUT2D eigenvalue weighted by atomic mass is 16.3. The standard InChI is InChI=1S/C11H20N2O3/c14-9-6-13(7-10(9)15)11(16)5-8-1-3-12-4-2-8/h8-10,12,14-15H,1-7H2. The van der Waals surface area contributed by atoms with Crippen molar-refractivity contribution in [3.63, 3.8) is 0 Å². The number of rotatable bonds is 2. The molecule has 0 aromatic carbocycles. The number of amides is 1. The summed E-state index contributed by atoms with van der Waals surface area (Å²) in [5.41, 5.74) is 0. The molecule has 2 aliphatic heterocycles. The zero-order valence-electron chi connectivity index (χ0n) is 9.43. The Morgan fingerprint density at radius 1 is 1.19 bits per heavy atom. The summed E-state index contributed by atoms with van der Waals surface area (Å²) in [7, 11) is 0. The molecular weight excluding hydrogens is 208 g/mol. The van der Waals surface area contributed by atoms with Gasteiger partial charge in [-0.3, -0.25) is 4.79 Å². The predicted molar refractivity (Wildman–Crippen MR) is 58.8 cm³/mol. The minimum Gasteiger partial charge on any atom is -0.388 e. The maximum Gasteiger partial charge on any atom is 0.223 e. The molecule has 0 aromatic heterocycles. The third-order valence-corrected chi connectivity index (χ3v) is 3.53. The second-order valence-corrected chi connectivity index (χ2v) is 4.83. The summed E-state index contributed by atoms with van der Waals surface area (Å²) < 4.78 is 0. The van der Waals surface area contributed by atoms with Crippen LogP contribution >= 0.6 is 0 Å². The monoisotopic (exact) mass is 228 g/mol. The second-order valence-electron chi connectivity index (χ2n) is 4.83. The molecule has 5 nitrogen and oxygen atoms in total. The fraction of sp³-hybridized carbons (Fsp3) is 0.909. The Morgan fingerprint density at radius 2 is 1.75 bits per heavy atom. The summed E-state index contributed by atoms with van der Waals surface area (Å²) in [6.45, 7) is 2.54. The number of nitrogens with one attached hydrogen (secondary N) is 1. The van der Waals surface area contributed by atoms with Crippen LogP contribution in [0, 0.1) is 5.92 Å². The van der Waals surface area contributed by atoms with Gasteiger partial charge in [-0.15, -0.1) is 0 Å². The number of aliphatic hydroxyl groups excluding tert-OH is 2. The van der Waals surface area contributed by atoms with Gasteiger partial charge in [-0.05, 0) is 31.8 Å². The van der Waals surface area contributed by atoms with Crippen molar-refractivity contribution in [2.45, 2.75) is 31.5 Å². The third kappa shape index (κ3) is 2.72. The smallest absolute Gasteiger partial charge is 0.223 e. The second kappa shape index (κ2) is 5.12. The van der Waals surface area contributed by atoms with E-state index in [0.29, 0.717) is 12.3 Å². The number of carbonyl (C=O) groups is 1. The first-order valence-corrected chi connectivity index (χ1v) is 6.01. The molecule has 2 atom stereocenters. The molecule has 1 amide bonds. The van der Waals surface area contributed by atoms with E-state index in [1.54, 1.807) is 4.90 Å². The molecule has 3 N–H and O–H groups in total. The van der Waals surface area contributed by atoms with Crippen LogP contribution in [0.4, 0.5) is 0 Å². The molecule has 0 aromatic rings. The first kappa shape index (κ1) is 11.8. The Bertz CT molecular complexity index is 244. The molecule has 2 fully saturated rings. The van der Waals surface area contributed by atoms with Crippen molar-refractivity contribution < 1.29 is 15.0 Å². The van der Waals surface area contributed by atoms with E-state index >= 15 is 0 Å². The van der Waals surface area contributed by atoms with Crippen LogP contribution in [0.15, 0.2) is 0 Å². The highest BCUT2D eigenvalue weighted by Crippen LogP contribution is 2.19. The lowest BCUT2D eigenvalue weighted by molar-refractivity contribution is -0.131. The molecule has 0 radical (unpaired) electrons. The van der Waals surface area contributed by atoms with Gasteiger partial charge in [0, 0.05) is 19.5 Å². The van der Waals surface area contributed by atoms with E-state index in [4.69, 9.17) is 0 Å². The maximum absolute atomic E-state index is 11.9. The molecule has 16 heavy (non-hydrogen) atoms. The van der Waals surface area contributed by atoms with Crippen molar-refractivity contribution >= 4 is 5.91 Å². The number of nitrogens with zero attached hydrogens (tertiary/aromatic N) is 1. The van der Waals surface area contributed by atoms with Crippen LogP contribution in [0.25, 0.3) is 0 Å². The minimum absolute atomic E-state index is 0.0718. The number of hydrogen-bond acceptors (Lipinski definition) is 4. The normalized spacial score (nSPS) is 32.0. The summed E-state index contributed by atoms with van der Waals surface area (Å²) in [5.74, 6) is 0.533. The summed E-state index contributed by atoms with van der Waals surface area (Å²) >= 11 is 0. The van der Waals surface area contributed by atoms with Crippen molar-refractivity contribution in [2.75, 3.05) is 26.2 Å². The van der Waals surface area contributed by atoms with E-state index in [0.717, 1.165) is 25.9 Å². The topological polar surface area (TPSA) is 72.8 Å². The first-order chi connectivity index (χ1) is 7.66. The molecule has 2 aliphatic rings. The number of likely N-dealkylation sites (tertiary alicyclic amines) is 1. The fourth-order valence-electron chi connectivity index (χ4n) is 2.44. The quantitative estimate of drug-likeness (QED) is 0.563. The van der Waals surface area contributed by atoms with Crippen LogP contribution in [0.1, 0.15) is 19.3 Å². The van der Waals surface area contributed by atoms with Gasteiger partial charge in [-0.25, -0.2) is 0 Å². The molecule has 2 heterocycles. The van der Waals surface area contributed by atoms with E-state index in [1.165, 1.54) is 0 Å². The Hall–Kier alpha value is -0.650. The van der Waals surface area contributed by atoms with E-state index in [2.05, 4.69) is 5.32 Å². The van der Waals surface area contributed by atoms with Gasteiger partial charge in [-0.1, -0.05) is 0 Å². The van der Waals surface area contributed by atoms with Gasteiger partial charge in [-0.2, -0.15) is 0 Å². The summed E-state index contributed by atoms with van der Waals surface area (Å²) in [6, 6.07) is 0. The molecular formula is C11H20N2O3. The minimum atomic E-state index is -0.767. The van der Waals surface area contributed by atoms with Crippen LogP contribution in [-0.4, -0.2) is 59.4 Å². The molecule has 0 aliphatic carbocycles. The average Bonchev–Trinajstić information content (AvgIpc) is 2.61. The van der Waals surface area contributed by atoms with Crippen LogP contribution < -0.4 is 5.32 Å². The van der Waals surface area contributed by atoms with Crippen molar-refractivity contribution in [1.29, 1.82) is 0 Å². The van der Waals surface area contributed by atoms with Gasteiger partial charge in [0.15, 0.2) is 0 Å². The molecule has 0 spiro atoms. The zero-order valence-corrected chi connectivity index (χ0v) is 9.43. The van der Waals surface area contributed by atoms with E-state index in [-0.39, 0.29) is 19.0 Å². The number of β-amino-alcohol motifs (C(OH)–C–C–N with tert-alkyl or cyclic N) is 2. The van der Waals surface area contributed by atoms with Crippen LogP contribution in [0.2, 0.25) is 0 Å². The largest absolute Gasteiger partial charge is 0.388 e. The predicted octanol–water partition coefficient (Wildman–Crippen LogP) is -1.06. The van der Waals surface area contributed by atoms with Gasteiger partial charge in [0.1, 0.15) is 0 Å². The number of hydrogen-bond donors (Lipinski definition) is 3. The number of aliphatic hydroxyl groups is 2. The summed E-state index contributed by atoms with van der Waals surface area (Å²) in [5, 5.41) is 22.0. The molecule has 2 unspecified atom stereocenters. The van der Waals surface area contributed by atoms with Crippen molar-refractivity contribution in [2.24, 2.45) is 5.92 Å². The first-order valence-electron chi connectivity index (χ1n) is 6.01. The van der Waals surface area contributed by atoms with Crippen molar-refractivity contribution in [3.8, 4) is 0 Å². The Morgan fingerprint density at radius 3 is 2.31 bits per heavy atom. The van der Waals surface area contributed by atoms with E-state index in [9.17, 15) is 15.0 Å². The maximum atomic E-state index is 11.9. The lowest BCUT2D eigenvalue weighted by atomic mass is 9.94. The van der Waals surface area contributed by atoms with Crippen molar-refractivity contribution in [3.05, 3.63) is 0 Å². The number of carbonyl (C=O) groups excluding carboxylic acids is 1. The van der Waals surface area contributed by atoms with Gasteiger partial charge in [0.2, 0.25) is 5.91 Å². The summed E-state index contributed by atoms with van der Waals surface area (Å²) in [4.78, 5) is 13.5. The van der Waals surface area contributed by atoms with E-state index < -0.39 is 12.2 Å². The average molecular weight is 228 g/mol. The molecule has 0 saturated carbocycles. The molecule has 0 bridgehead atoms. The number of piperidine rings is 1. The Kier molecular flexibility index (Phi) is 3.78. The van der Waals surface area contributed by atoms with Crippen LogP contribution in [0.3, 0.4) is 0 Å². The van der Waals surface area contributed by atoms with Gasteiger partial charge in [0.05, 0.1) is 12.2 Å². The molecule has 5 heteroatoms. The lowest BCUT2D eigenvalue weighted by Crippen LogP contribution is -2.34. The fourth-order valence-corrected chi connectivity index (χ4v) is 2.44. The van der Waals surface area contributed by atoms with Gasteiger partial charge >= 0.3 is 0 Å². The van der Waals surface area contributed by atoms with Crippen molar-refractivity contribution in [1.82, 2.24) is 10.2 Å². The van der Waals surface area contributed by atoms with Gasteiger partial charge < -0.3 is 20.4 Å². The molecule has 2 saturated heterocycles. The van der Waals surface area contributed by atoms with Crippen LogP contribution in [-0.2, 0) is 4.79 Å².